The van der Waals surface area contributed by atoms with Crippen LogP contribution in [0.15, 0.2) is 38.9 Å². The number of hydrogen-bond acceptors (Lipinski definition) is 9. The third-order valence-corrected chi connectivity index (χ3v) is 7.33. The van der Waals surface area contributed by atoms with Crippen molar-refractivity contribution in [2.45, 2.75) is 37.6 Å². The molecule has 0 saturated carbocycles. The molecule has 1 saturated heterocycles. The number of ether oxygens (including phenoxy) is 1. The standard InChI is InChI=1S/C22H23N5O2S2/c1-13-4-6-16(7-5-13)19-25-26-22(29-19)31-21-18-14(2)15(3)30-20(18)23-17(24-21)12-27-8-10-28-11-9-27/h4-7H,8-12H2,1-3H3. The van der Waals surface area contributed by atoms with Gasteiger partial charge in [-0.15, -0.1) is 21.5 Å². The second-order valence-corrected chi connectivity index (χ2v) is 9.78. The maximum atomic E-state index is 5.96. The van der Waals surface area contributed by atoms with Gasteiger partial charge in [-0.2, -0.15) is 0 Å². The largest absolute Gasteiger partial charge is 0.411 e. The molecule has 5 rings (SSSR count). The van der Waals surface area contributed by atoms with Crippen molar-refractivity contribution in [3.8, 4) is 11.5 Å². The monoisotopic (exact) mass is 453 g/mol. The number of fused-ring (bicyclic) bond motifs is 1. The molecule has 7 nitrogen and oxygen atoms in total. The quantitative estimate of drug-likeness (QED) is 0.404. The molecule has 1 aromatic carbocycles. The number of rotatable bonds is 5. The molecule has 0 aliphatic carbocycles. The molecule has 0 radical (unpaired) electrons. The fourth-order valence-electron chi connectivity index (χ4n) is 3.51. The van der Waals surface area contributed by atoms with E-state index in [4.69, 9.17) is 19.1 Å². The maximum Gasteiger partial charge on any atom is 0.283 e. The number of nitrogens with zero attached hydrogens (tertiary/aromatic N) is 5. The summed E-state index contributed by atoms with van der Waals surface area (Å²) >= 11 is 3.12. The van der Waals surface area contributed by atoms with Crippen LogP contribution in [-0.4, -0.2) is 51.4 Å². The van der Waals surface area contributed by atoms with Crippen molar-refractivity contribution in [2.24, 2.45) is 0 Å². The van der Waals surface area contributed by atoms with Crippen LogP contribution in [0.25, 0.3) is 21.7 Å². The minimum Gasteiger partial charge on any atom is -0.411 e. The molecule has 1 fully saturated rings. The van der Waals surface area contributed by atoms with E-state index in [1.54, 1.807) is 11.3 Å². The van der Waals surface area contributed by atoms with Crippen LogP contribution >= 0.6 is 23.1 Å². The van der Waals surface area contributed by atoms with Crippen molar-refractivity contribution in [3.63, 3.8) is 0 Å². The smallest absolute Gasteiger partial charge is 0.283 e. The molecule has 31 heavy (non-hydrogen) atoms. The Hall–Kier alpha value is -2.33. The normalized spacial score (nSPS) is 15.1. The van der Waals surface area contributed by atoms with E-state index in [-0.39, 0.29) is 0 Å². The van der Waals surface area contributed by atoms with Gasteiger partial charge >= 0.3 is 0 Å². The van der Waals surface area contributed by atoms with Crippen molar-refractivity contribution in [3.05, 3.63) is 46.1 Å². The molecule has 160 valence electrons. The van der Waals surface area contributed by atoms with Crippen molar-refractivity contribution in [2.75, 3.05) is 26.3 Å². The van der Waals surface area contributed by atoms with Gasteiger partial charge in [0.15, 0.2) is 0 Å². The third-order valence-electron chi connectivity index (χ3n) is 5.40. The second-order valence-electron chi connectivity index (χ2n) is 7.64. The molecule has 0 N–H and O–H groups in total. The van der Waals surface area contributed by atoms with Crippen molar-refractivity contribution >= 4 is 33.3 Å². The van der Waals surface area contributed by atoms with Gasteiger partial charge < -0.3 is 9.15 Å². The Labute approximate surface area is 188 Å². The number of aryl methyl sites for hydroxylation is 3. The first kappa shape index (κ1) is 20.6. The lowest BCUT2D eigenvalue weighted by Gasteiger charge is -2.25. The number of hydrogen-bond donors (Lipinski definition) is 0. The number of aromatic nitrogens is 4. The molecule has 1 aliphatic heterocycles. The molecule has 0 atom stereocenters. The minimum atomic E-state index is 0.483. The molecule has 0 spiro atoms. The molecule has 4 heterocycles. The van der Waals surface area contributed by atoms with Crippen molar-refractivity contribution < 1.29 is 9.15 Å². The fourth-order valence-corrected chi connectivity index (χ4v) is 5.49. The Bertz CT molecular complexity index is 1210. The first-order valence-electron chi connectivity index (χ1n) is 10.2. The predicted octanol–water partition coefficient (Wildman–Crippen LogP) is 4.65. The van der Waals surface area contributed by atoms with Crippen LogP contribution in [0.3, 0.4) is 0 Å². The summed E-state index contributed by atoms with van der Waals surface area (Å²) < 4.78 is 11.4. The van der Waals surface area contributed by atoms with Crippen LogP contribution in [0.4, 0.5) is 0 Å². The Morgan fingerprint density at radius 1 is 1.03 bits per heavy atom. The van der Waals surface area contributed by atoms with E-state index in [9.17, 15) is 0 Å². The van der Waals surface area contributed by atoms with Gasteiger partial charge in [0, 0.05) is 28.9 Å². The van der Waals surface area contributed by atoms with Gasteiger partial charge in [0.25, 0.3) is 5.22 Å². The van der Waals surface area contributed by atoms with Gasteiger partial charge in [-0.3, -0.25) is 4.90 Å². The molecule has 0 bridgehead atoms. The zero-order valence-corrected chi connectivity index (χ0v) is 19.3. The average Bonchev–Trinajstić information content (AvgIpc) is 3.34. The van der Waals surface area contributed by atoms with E-state index in [0.29, 0.717) is 17.7 Å². The van der Waals surface area contributed by atoms with Crippen molar-refractivity contribution in [1.82, 2.24) is 25.1 Å². The number of benzene rings is 1. The highest BCUT2D eigenvalue weighted by molar-refractivity contribution is 7.99. The molecule has 0 amide bonds. The Kier molecular flexibility index (Phi) is 5.75. The Morgan fingerprint density at radius 2 is 1.81 bits per heavy atom. The Balaban J connectivity index is 1.47. The summed E-state index contributed by atoms with van der Waals surface area (Å²) in [5, 5.41) is 10.9. The van der Waals surface area contributed by atoms with E-state index in [0.717, 1.165) is 52.9 Å². The van der Waals surface area contributed by atoms with Crippen LogP contribution in [0.2, 0.25) is 0 Å². The summed E-state index contributed by atoms with van der Waals surface area (Å²) in [7, 11) is 0. The third kappa shape index (κ3) is 4.36. The van der Waals surface area contributed by atoms with Crippen LogP contribution in [0, 0.1) is 20.8 Å². The first-order chi connectivity index (χ1) is 15.1. The molecule has 1 aliphatic rings. The zero-order chi connectivity index (χ0) is 21.4. The highest BCUT2D eigenvalue weighted by Crippen LogP contribution is 2.38. The topological polar surface area (TPSA) is 77.2 Å². The van der Waals surface area contributed by atoms with E-state index in [1.165, 1.54) is 27.8 Å². The molecule has 9 heteroatoms. The predicted molar refractivity (Wildman–Crippen MR) is 122 cm³/mol. The van der Waals surface area contributed by atoms with Gasteiger partial charge in [0.2, 0.25) is 5.89 Å². The molecular weight excluding hydrogens is 430 g/mol. The molecular formula is C22H23N5O2S2. The highest BCUT2D eigenvalue weighted by atomic mass is 32.2. The van der Waals surface area contributed by atoms with Crippen LogP contribution in [-0.2, 0) is 11.3 Å². The summed E-state index contributed by atoms with van der Waals surface area (Å²) in [4.78, 5) is 14.4. The van der Waals surface area contributed by atoms with E-state index >= 15 is 0 Å². The maximum absolute atomic E-state index is 5.96. The van der Waals surface area contributed by atoms with Gasteiger partial charge in [-0.05, 0) is 50.2 Å². The first-order valence-corrected chi connectivity index (χ1v) is 11.9. The molecule has 3 aromatic heterocycles. The van der Waals surface area contributed by atoms with Gasteiger partial charge in [-0.25, -0.2) is 9.97 Å². The van der Waals surface area contributed by atoms with Gasteiger partial charge in [0.05, 0.1) is 19.8 Å². The summed E-state index contributed by atoms with van der Waals surface area (Å²) in [6, 6.07) is 8.06. The van der Waals surface area contributed by atoms with Crippen LogP contribution in [0.5, 0.6) is 0 Å². The zero-order valence-electron chi connectivity index (χ0n) is 17.7. The number of thiophene rings is 1. The number of morpholine rings is 1. The van der Waals surface area contributed by atoms with Gasteiger partial charge in [-0.1, -0.05) is 17.7 Å². The molecule has 4 aromatic rings. The van der Waals surface area contributed by atoms with Crippen LogP contribution < -0.4 is 0 Å². The summed E-state index contributed by atoms with van der Waals surface area (Å²) in [5.41, 5.74) is 3.31. The lowest BCUT2D eigenvalue weighted by molar-refractivity contribution is 0.0330. The second kappa shape index (κ2) is 8.66. The Morgan fingerprint density at radius 3 is 2.58 bits per heavy atom. The van der Waals surface area contributed by atoms with E-state index in [2.05, 4.69) is 35.9 Å². The van der Waals surface area contributed by atoms with Crippen LogP contribution in [0.1, 0.15) is 21.8 Å². The summed E-state index contributed by atoms with van der Waals surface area (Å²) in [6.07, 6.45) is 0. The summed E-state index contributed by atoms with van der Waals surface area (Å²) in [6.45, 7) is 10.3. The van der Waals surface area contributed by atoms with E-state index in [1.807, 2.05) is 24.3 Å². The van der Waals surface area contributed by atoms with E-state index < -0.39 is 0 Å². The minimum absolute atomic E-state index is 0.483. The van der Waals surface area contributed by atoms with Crippen molar-refractivity contribution in [1.29, 1.82) is 0 Å². The lowest BCUT2D eigenvalue weighted by atomic mass is 10.1. The molecule has 0 unspecified atom stereocenters. The lowest BCUT2D eigenvalue weighted by Crippen LogP contribution is -2.36. The SMILES string of the molecule is Cc1ccc(-c2nnc(Sc3nc(CN4CCOCC4)nc4sc(C)c(C)c34)o2)cc1. The fraction of sp³-hybridized carbons (Fsp3) is 0.364. The summed E-state index contributed by atoms with van der Waals surface area (Å²) in [5.74, 6) is 1.33. The average molecular weight is 454 g/mol. The highest BCUT2D eigenvalue weighted by Gasteiger charge is 2.20. The van der Waals surface area contributed by atoms with Gasteiger partial charge in [0.1, 0.15) is 15.7 Å².